The molecule has 0 N–H and O–H groups in total. The van der Waals surface area contributed by atoms with Crippen molar-refractivity contribution >= 4 is 55.9 Å². The highest BCUT2D eigenvalue weighted by Crippen LogP contribution is 2.44. The zero-order chi connectivity index (χ0) is 20.0. The summed E-state index contributed by atoms with van der Waals surface area (Å²) in [7, 11) is 0. The van der Waals surface area contributed by atoms with E-state index in [9.17, 15) is 9.59 Å². The number of morpholine rings is 1. The highest BCUT2D eigenvalue weighted by atomic mass is 79.9. The van der Waals surface area contributed by atoms with Gasteiger partial charge < -0.3 is 14.5 Å². The van der Waals surface area contributed by atoms with Gasteiger partial charge in [-0.2, -0.15) is 4.99 Å². The van der Waals surface area contributed by atoms with Crippen LogP contribution in [-0.2, 0) is 14.3 Å². The van der Waals surface area contributed by atoms with Crippen LogP contribution in [-0.4, -0.2) is 53.7 Å². The van der Waals surface area contributed by atoms with Crippen LogP contribution in [0.15, 0.2) is 45.2 Å². The van der Waals surface area contributed by atoms with Crippen LogP contribution >= 0.6 is 27.7 Å². The van der Waals surface area contributed by atoms with Crippen LogP contribution in [0.1, 0.15) is 19.4 Å². The third kappa shape index (κ3) is 3.33. The smallest absolute Gasteiger partial charge is 0.287 e. The van der Waals surface area contributed by atoms with Gasteiger partial charge >= 0.3 is 0 Å². The number of ether oxygens (including phenoxy) is 1. The van der Waals surface area contributed by atoms with Gasteiger partial charge in [-0.15, -0.1) is 6.58 Å². The van der Waals surface area contributed by atoms with E-state index < -0.39 is 0 Å². The summed E-state index contributed by atoms with van der Waals surface area (Å²) in [4.78, 5) is 34.2. The molecule has 1 aromatic carbocycles. The van der Waals surface area contributed by atoms with Gasteiger partial charge in [0.25, 0.3) is 11.8 Å². The van der Waals surface area contributed by atoms with Crippen LogP contribution in [0, 0.1) is 0 Å². The number of rotatable bonds is 2. The second-order valence-corrected chi connectivity index (χ2v) is 8.93. The molecule has 3 aliphatic rings. The Morgan fingerprint density at radius 2 is 2.04 bits per heavy atom. The lowest BCUT2D eigenvalue weighted by Crippen LogP contribution is -2.47. The molecule has 3 heterocycles. The maximum Gasteiger partial charge on any atom is 0.287 e. The SMILES string of the molecule is C=CCN1C(=O)/C(=C2\SC(N3C[C@H](C)O[C@@H](C)C3)=NC2=O)c2cc(Br)ccc21. The first-order chi connectivity index (χ1) is 13.4. The monoisotopic (exact) mass is 461 g/mol. The highest BCUT2D eigenvalue weighted by Gasteiger charge is 2.40. The molecule has 1 saturated heterocycles. The summed E-state index contributed by atoms with van der Waals surface area (Å²) in [6.07, 6.45) is 1.80. The van der Waals surface area contributed by atoms with Crippen molar-refractivity contribution in [3.8, 4) is 0 Å². The lowest BCUT2D eigenvalue weighted by atomic mass is 10.1. The lowest BCUT2D eigenvalue weighted by molar-refractivity contribution is -0.115. The average Bonchev–Trinajstić information content (AvgIpc) is 3.12. The van der Waals surface area contributed by atoms with E-state index in [-0.39, 0.29) is 24.0 Å². The van der Waals surface area contributed by atoms with Gasteiger partial charge in [-0.05, 0) is 43.8 Å². The summed E-state index contributed by atoms with van der Waals surface area (Å²) >= 11 is 4.75. The largest absolute Gasteiger partial charge is 0.372 e. The average molecular weight is 462 g/mol. The first-order valence-corrected chi connectivity index (χ1v) is 10.7. The predicted molar refractivity (Wildman–Crippen MR) is 115 cm³/mol. The fraction of sp³-hybridized carbons (Fsp3) is 0.350. The van der Waals surface area contributed by atoms with Gasteiger partial charge in [0.15, 0.2) is 5.17 Å². The molecule has 2 amide bonds. The van der Waals surface area contributed by atoms with Crippen LogP contribution in [0.2, 0.25) is 0 Å². The number of hydrogen-bond donors (Lipinski definition) is 0. The van der Waals surface area contributed by atoms with Crippen molar-refractivity contribution in [2.45, 2.75) is 26.1 Å². The van der Waals surface area contributed by atoms with Crippen LogP contribution in [0.25, 0.3) is 5.57 Å². The van der Waals surface area contributed by atoms with E-state index in [1.807, 2.05) is 32.0 Å². The minimum Gasteiger partial charge on any atom is -0.372 e. The number of amidine groups is 1. The summed E-state index contributed by atoms with van der Waals surface area (Å²) in [5.41, 5.74) is 1.95. The Morgan fingerprint density at radius 1 is 1.32 bits per heavy atom. The van der Waals surface area contributed by atoms with Crippen LogP contribution in [0.4, 0.5) is 5.69 Å². The highest BCUT2D eigenvalue weighted by molar-refractivity contribution is 9.10. The molecule has 6 nitrogen and oxygen atoms in total. The molecule has 0 saturated carbocycles. The predicted octanol–water partition coefficient (Wildman–Crippen LogP) is 3.43. The molecule has 3 aliphatic heterocycles. The number of hydrogen-bond acceptors (Lipinski definition) is 5. The molecule has 28 heavy (non-hydrogen) atoms. The normalized spacial score (nSPS) is 27.3. The molecular formula is C20H20BrN3O3S. The van der Waals surface area contributed by atoms with Crippen molar-refractivity contribution in [2.75, 3.05) is 24.5 Å². The first kappa shape index (κ1) is 19.4. The minimum absolute atomic E-state index is 0.0618. The van der Waals surface area contributed by atoms with E-state index in [1.165, 1.54) is 11.8 Å². The number of amides is 2. The Bertz CT molecular complexity index is 933. The molecule has 146 valence electrons. The Morgan fingerprint density at radius 3 is 2.71 bits per heavy atom. The zero-order valence-electron chi connectivity index (χ0n) is 15.6. The molecule has 0 spiro atoms. The minimum atomic E-state index is -0.360. The number of fused-ring (bicyclic) bond motifs is 1. The molecule has 4 rings (SSSR count). The quantitative estimate of drug-likeness (QED) is 0.498. The fourth-order valence-electron chi connectivity index (χ4n) is 3.76. The van der Waals surface area contributed by atoms with E-state index >= 15 is 0 Å². The maximum absolute atomic E-state index is 13.1. The van der Waals surface area contributed by atoms with E-state index in [4.69, 9.17) is 4.74 Å². The van der Waals surface area contributed by atoms with Crippen molar-refractivity contribution in [1.29, 1.82) is 0 Å². The maximum atomic E-state index is 13.1. The Balaban J connectivity index is 1.72. The molecule has 1 aromatic rings. The van der Waals surface area contributed by atoms with E-state index in [2.05, 4.69) is 32.4 Å². The number of thioether (sulfide) groups is 1. The van der Waals surface area contributed by atoms with Gasteiger partial charge in [-0.3, -0.25) is 9.59 Å². The zero-order valence-corrected chi connectivity index (χ0v) is 18.0. The van der Waals surface area contributed by atoms with E-state index in [0.29, 0.717) is 35.3 Å². The molecular weight excluding hydrogens is 442 g/mol. The standard InChI is InChI=1S/C20H20BrN3O3S/c1-4-7-24-15-6-5-13(21)8-14(15)16(19(24)26)17-18(25)22-20(28-17)23-9-11(2)27-12(3)10-23/h4-6,8,11-12H,1,7,9-10H2,2-3H3/b17-16-/t11-,12-/m0/s1. The summed E-state index contributed by atoms with van der Waals surface area (Å²) in [6.45, 7) is 9.48. The topological polar surface area (TPSA) is 62.2 Å². The van der Waals surface area contributed by atoms with Gasteiger partial charge in [0.1, 0.15) is 0 Å². The second-order valence-electron chi connectivity index (χ2n) is 7.03. The molecule has 0 unspecified atom stereocenters. The summed E-state index contributed by atoms with van der Waals surface area (Å²) < 4.78 is 6.62. The summed E-state index contributed by atoms with van der Waals surface area (Å²) in [5.74, 6) is -0.550. The molecule has 0 bridgehead atoms. The van der Waals surface area contributed by atoms with Crippen molar-refractivity contribution < 1.29 is 14.3 Å². The van der Waals surface area contributed by atoms with Crippen LogP contribution in [0.5, 0.6) is 0 Å². The summed E-state index contributed by atoms with van der Waals surface area (Å²) in [5, 5.41) is 0.640. The number of halogens is 1. The Kier molecular flexibility index (Phi) is 5.20. The second kappa shape index (κ2) is 7.50. The number of benzene rings is 1. The first-order valence-electron chi connectivity index (χ1n) is 9.07. The van der Waals surface area contributed by atoms with Gasteiger partial charge in [-0.1, -0.05) is 22.0 Å². The van der Waals surface area contributed by atoms with Crippen molar-refractivity contribution in [3.05, 3.63) is 45.8 Å². The number of nitrogens with zero attached hydrogens (tertiary/aromatic N) is 3. The molecule has 0 aromatic heterocycles. The third-order valence-corrected chi connectivity index (χ3v) is 6.40. The fourth-order valence-corrected chi connectivity index (χ4v) is 5.14. The lowest BCUT2D eigenvalue weighted by Gasteiger charge is -2.35. The Labute approximate surface area is 176 Å². The van der Waals surface area contributed by atoms with Gasteiger partial charge in [0, 0.05) is 29.7 Å². The molecule has 0 radical (unpaired) electrons. The van der Waals surface area contributed by atoms with Gasteiger partial charge in [0.2, 0.25) is 0 Å². The Hall–Kier alpha value is -1.90. The number of aliphatic imine (C=N–C) groups is 1. The summed E-state index contributed by atoms with van der Waals surface area (Å²) in [6, 6.07) is 5.65. The third-order valence-electron chi connectivity index (χ3n) is 4.79. The number of carbonyl (C=O) groups excluding carboxylic acids is 2. The number of carbonyl (C=O) groups is 2. The van der Waals surface area contributed by atoms with Crippen LogP contribution in [0.3, 0.4) is 0 Å². The molecule has 1 fully saturated rings. The van der Waals surface area contributed by atoms with Crippen molar-refractivity contribution in [2.24, 2.45) is 4.99 Å². The molecule has 2 atom stereocenters. The molecule has 8 heteroatoms. The van der Waals surface area contributed by atoms with E-state index in [1.54, 1.807) is 11.0 Å². The van der Waals surface area contributed by atoms with Gasteiger partial charge in [-0.25, -0.2) is 0 Å². The number of anilines is 1. The van der Waals surface area contributed by atoms with Crippen molar-refractivity contribution in [3.63, 3.8) is 0 Å². The van der Waals surface area contributed by atoms with Crippen LogP contribution < -0.4 is 4.90 Å². The van der Waals surface area contributed by atoms with Gasteiger partial charge in [0.05, 0.1) is 28.4 Å². The van der Waals surface area contributed by atoms with E-state index in [0.717, 1.165) is 15.7 Å². The van der Waals surface area contributed by atoms with Crippen molar-refractivity contribution in [1.82, 2.24) is 4.90 Å². The molecule has 0 aliphatic carbocycles.